The Morgan fingerprint density at radius 3 is 2.83 bits per heavy atom. The van der Waals surface area contributed by atoms with Crippen LogP contribution < -0.4 is 10.3 Å². The Morgan fingerprint density at radius 1 is 1.39 bits per heavy atom. The van der Waals surface area contributed by atoms with Gasteiger partial charge in [0.05, 0.1) is 19.4 Å². The van der Waals surface area contributed by atoms with E-state index in [1.54, 1.807) is 20.2 Å². The van der Waals surface area contributed by atoms with Crippen molar-refractivity contribution in [1.82, 2.24) is 9.78 Å². The van der Waals surface area contributed by atoms with Gasteiger partial charge in [-0.2, -0.15) is 5.10 Å². The highest BCUT2D eigenvalue weighted by atomic mass is 16.5. The van der Waals surface area contributed by atoms with Gasteiger partial charge in [0.25, 0.3) is 5.56 Å². The highest BCUT2D eigenvalue weighted by molar-refractivity contribution is 5.61. The van der Waals surface area contributed by atoms with Crippen molar-refractivity contribution in [3.8, 4) is 17.0 Å². The van der Waals surface area contributed by atoms with Crippen molar-refractivity contribution >= 4 is 0 Å². The second kappa shape index (κ2) is 5.01. The van der Waals surface area contributed by atoms with Gasteiger partial charge in [-0.1, -0.05) is 12.1 Å². The van der Waals surface area contributed by atoms with Gasteiger partial charge >= 0.3 is 0 Å². The van der Waals surface area contributed by atoms with Crippen LogP contribution in [0.25, 0.3) is 11.3 Å². The summed E-state index contributed by atoms with van der Waals surface area (Å²) in [6, 6.07) is 8.97. The third-order valence-corrected chi connectivity index (χ3v) is 2.67. The average Bonchev–Trinajstić information content (AvgIpc) is 2.41. The van der Waals surface area contributed by atoms with Crippen LogP contribution in [0.2, 0.25) is 0 Å². The fourth-order valence-electron chi connectivity index (χ4n) is 1.71. The van der Waals surface area contributed by atoms with E-state index in [1.165, 1.54) is 4.68 Å². The number of benzene rings is 1. The van der Waals surface area contributed by atoms with Crippen LogP contribution in [0.15, 0.2) is 35.1 Å². The maximum atomic E-state index is 11.6. The van der Waals surface area contributed by atoms with E-state index in [2.05, 4.69) is 5.10 Å². The van der Waals surface area contributed by atoms with Crippen LogP contribution in [-0.2, 0) is 13.7 Å². The Kier molecular flexibility index (Phi) is 3.43. The van der Waals surface area contributed by atoms with Gasteiger partial charge in [-0.25, -0.2) is 4.68 Å². The van der Waals surface area contributed by atoms with E-state index in [4.69, 9.17) is 9.84 Å². The Morgan fingerprint density at radius 2 is 2.17 bits per heavy atom. The fraction of sp³-hybridized carbons (Fsp3) is 0.231. The molecule has 0 saturated carbocycles. The monoisotopic (exact) mass is 246 g/mol. The van der Waals surface area contributed by atoms with E-state index in [-0.39, 0.29) is 12.2 Å². The molecule has 0 aliphatic carbocycles. The molecule has 0 saturated heterocycles. The smallest absolute Gasteiger partial charge is 0.272 e. The summed E-state index contributed by atoms with van der Waals surface area (Å²) < 4.78 is 6.36. The largest absolute Gasteiger partial charge is 0.497 e. The first-order valence-corrected chi connectivity index (χ1v) is 5.48. The molecule has 2 aromatic rings. The number of aromatic nitrogens is 2. The predicted octanol–water partition coefficient (Wildman–Crippen LogP) is 0.948. The highest BCUT2D eigenvalue weighted by Gasteiger charge is 2.07. The number of aliphatic hydroxyl groups is 1. The molecule has 1 aromatic heterocycles. The zero-order valence-corrected chi connectivity index (χ0v) is 10.3. The minimum absolute atomic E-state index is 0.288. The molecule has 0 bridgehead atoms. The number of aliphatic hydroxyl groups excluding tert-OH is 1. The van der Waals surface area contributed by atoms with Crippen LogP contribution in [0.1, 0.15) is 5.56 Å². The quantitative estimate of drug-likeness (QED) is 0.875. The molecule has 0 atom stereocenters. The molecule has 1 aromatic carbocycles. The Labute approximate surface area is 104 Å². The van der Waals surface area contributed by atoms with E-state index in [0.29, 0.717) is 17.0 Å². The maximum absolute atomic E-state index is 11.6. The first-order valence-electron chi connectivity index (χ1n) is 5.48. The number of methoxy groups -OCH3 is 1. The predicted molar refractivity (Wildman–Crippen MR) is 67.4 cm³/mol. The van der Waals surface area contributed by atoms with Gasteiger partial charge in [-0.3, -0.25) is 4.79 Å². The molecule has 5 nitrogen and oxygen atoms in total. The fourth-order valence-corrected chi connectivity index (χ4v) is 1.71. The number of ether oxygens (including phenoxy) is 1. The van der Waals surface area contributed by atoms with Gasteiger partial charge in [-0.15, -0.1) is 0 Å². The SMILES string of the molecule is COc1cccc(-c2cc(CO)c(=O)n(C)n2)c1. The van der Waals surface area contributed by atoms with E-state index in [0.717, 1.165) is 5.56 Å². The van der Waals surface area contributed by atoms with Crippen molar-refractivity contribution in [2.45, 2.75) is 6.61 Å². The molecule has 0 radical (unpaired) electrons. The zero-order valence-electron chi connectivity index (χ0n) is 10.3. The van der Waals surface area contributed by atoms with E-state index in [9.17, 15) is 4.79 Å². The van der Waals surface area contributed by atoms with Crippen molar-refractivity contribution in [1.29, 1.82) is 0 Å². The summed E-state index contributed by atoms with van der Waals surface area (Å²) in [5, 5.41) is 13.3. The maximum Gasteiger partial charge on any atom is 0.272 e. The minimum Gasteiger partial charge on any atom is -0.497 e. The van der Waals surface area contributed by atoms with Crippen molar-refractivity contribution in [2.75, 3.05) is 7.11 Å². The molecular weight excluding hydrogens is 232 g/mol. The van der Waals surface area contributed by atoms with E-state index < -0.39 is 0 Å². The first-order chi connectivity index (χ1) is 8.65. The number of rotatable bonds is 3. The molecule has 5 heteroatoms. The second-order valence-electron chi connectivity index (χ2n) is 3.87. The summed E-state index contributed by atoms with van der Waals surface area (Å²) in [6.07, 6.45) is 0. The molecule has 0 spiro atoms. The third kappa shape index (κ3) is 2.26. The molecular formula is C13H14N2O3. The summed E-state index contributed by atoms with van der Waals surface area (Å²) in [5.74, 6) is 0.716. The van der Waals surface area contributed by atoms with Crippen LogP contribution >= 0.6 is 0 Å². The Hall–Kier alpha value is -2.14. The minimum atomic E-state index is -0.299. The van der Waals surface area contributed by atoms with E-state index in [1.807, 2.05) is 24.3 Å². The summed E-state index contributed by atoms with van der Waals surface area (Å²) in [5.41, 5.74) is 1.49. The average molecular weight is 246 g/mol. The van der Waals surface area contributed by atoms with Crippen molar-refractivity contribution < 1.29 is 9.84 Å². The van der Waals surface area contributed by atoms with Crippen molar-refractivity contribution in [3.63, 3.8) is 0 Å². The highest BCUT2D eigenvalue weighted by Crippen LogP contribution is 2.21. The van der Waals surface area contributed by atoms with Gasteiger partial charge in [0.2, 0.25) is 0 Å². The topological polar surface area (TPSA) is 64.3 Å². The lowest BCUT2D eigenvalue weighted by Gasteiger charge is -2.07. The molecule has 18 heavy (non-hydrogen) atoms. The van der Waals surface area contributed by atoms with Gasteiger partial charge in [-0.05, 0) is 18.2 Å². The van der Waals surface area contributed by atoms with Gasteiger partial charge in [0.1, 0.15) is 5.75 Å². The van der Waals surface area contributed by atoms with Crippen LogP contribution in [0, 0.1) is 0 Å². The normalized spacial score (nSPS) is 10.4. The lowest BCUT2D eigenvalue weighted by atomic mass is 10.1. The number of nitrogens with zero attached hydrogens (tertiary/aromatic N) is 2. The zero-order chi connectivity index (χ0) is 13.1. The van der Waals surface area contributed by atoms with Gasteiger partial charge < -0.3 is 9.84 Å². The Balaban J connectivity index is 2.56. The number of hydrogen-bond donors (Lipinski definition) is 1. The number of aryl methyl sites for hydroxylation is 1. The molecule has 0 amide bonds. The lowest BCUT2D eigenvalue weighted by Crippen LogP contribution is -2.23. The van der Waals surface area contributed by atoms with Crippen LogP contribution in [0.3, 0.4) is 0 Å². The van der Waals surface area contributed by atoms with E-state index >= 15 is 0 Å². The summed E-state index contributed by atoms with van der Waals surface area (Å²) >= 11 is 0. The Bertz CT molecular complexity index is 620. The molecule has 1 heterocycles. The third-order valence-electron chi connectivity index (χ3n) is 2.67. The van der Waals surface area contributed by atoms with Crippen LogP contribution in [-0.4, -0.2) is 22.0 Å². The molecule has 0 aliphatic rings. The first kappa shape index (κ1) is 12.3. The van der Waals surface area contributed by atoms with Crippen LogP contribution in [0.5, 0.6) is 5.75 Å². The lowest BCUT2D eigenvalue weighted by molar-refractivity contribution is 0.279. The second-order valence-corrected chi connectivity index (χ2v) is 3.87. The summed E-state index contributed by atoms with van der Waals surface area (Å²) in [4.78, 5) is 11.6. The van der Waals surface area contributed by atoms with Gasteiger partial charge in [0, 0.05) is 18.2 Å². The van der Waals surface area contributed by atoms with Crippen molar-refractivity contribution in [2.24, 2.45) is 7.05 Å². The summed E-state index contributed by atoms with van der Waals surface area (Å²) in [6.45, 7) is -0.299. The molecule has 0 unspecified atom stereocenters. The molecule has 0 aliphatic heterocycles. The van der Waals surface area contributed by atoms with Crippen molar-refractivity contribution in [3.05, 3.63) is 46.2 Å². The van der Waals surface area contributed by atoms with Gasteiger partial charge in [0.15, 0.2) is 0 Å². The standard InChI is InChI=1S/C13H14N2O3/c1-15-13(17)10(8-16)7-12(14-15)9-4-3-5-11(6-9)18-2/h3-7,16H,8H2,1-2H3. The summed E-state index contributed by atoms with van der Waals surface area (Å²) in [7, 11) is 3.15. The van der Waals surface area contributed by atoms with Crippen LogP contribution in [0.4, 0.5) is 0 Å². The molecule has 94 valence electrons. The number of hydrogen-bond acceptors (Lipinski definition) is 4. The molecule has 1 N–H and O–H groups in total. The molecule has 2 rings (SSSR count). The molecule has 0 fully saturated rings.